The smallest absolute Gasteiger partial charge is 0.329 e. The Morgan fingerprint density at radius 2 is 2.07 bits per heavy atom. The molecule has 0 saturated heterocycles. The fourth-order valence-electron chi connectivity index (χ4n) is 3.02. The Kier molecular flexibility index (Phi) is 4.96. The van der Waals surface area contributed by atoms with Crippen LogP contribution < -0.4 is 11.2 Å². The highest BCUT2D eigenvalue weighted by Crippen LogP contribution is 2.37. The van der Waals surface area contributed by atoms with Gasteiger partial charge in [0.2, 0.25) is 5.88 Å². The van der Waals surface area contributed by atoms with Crippen LogP contribution in [0.1, 0.15) is 6.92 Å². The zero-order valence-corrected chi connectivity index (χ0v) is 17.3. The van der Waals surface area contributed by atoms with Crippen molar-refractivity contribution in [2.45, 2.75) is 13.5 Å². The molecule has 0 fully saturated rings. The molecule has 0 spiro atoms. The number of hydrogen-bond acceptors (Lipinski definition) is 6. The molecule has 12 heteroatoms. The van der Waals surface area contributed by atoms with Gasteiger partial charge in [-0.3, -0.25) is 18.9 Å². The molecule has 0 aliphatic heterocycles. The van der Waals surface area contributed by atoms with Crippen LogP contribution in [0.5, 0.6) is 5.88 Å². The van der Waals surface area contributed by atoms with Crippen molar-refractivity contribution in [1.29, 1.82) is 0 Å². The lowest BCUT2D eigenvalue weighted by atomic mass is 10.2. The van der Waals surface area contributed by atoms with Gasteiger partial charge in [0.25, 0.3) is 11.5 Å². The first kappa shape index (κ1) is 19.9. The zero-order chi connectivity index (χ0) is 21.6. The molecule has 0 bridgehead atoms. The molecule has 30 heavy (non-hydrogen) atoms. The fraction of sp³-hybridized carbons (Fsp3) is 0.167. The van der Waals surface area contributed by atoms with Crippen LogP contribution in [0.4, 0.5) is 11.6 Å². The highest BCUT2D eigenvalue weighted by Gasteiger charge is 2.17. The Hall–Kier alpha value is -3.37. The van der Waals surface area contributed by atoms with E-state index in [0.29, 0.717) is 21.0 Å². The third kappa shape index (κ3) is 3.40. The second kappa shape index (κ2) is 7.47. The zero-order valence-electron chi connectivity index (χ0n) is 15.8. The lowest BCUT2D eigenvalue weighted by Gasteiger charge is -2.02. The molecule has 0 saturated carbocycles. The van der Waals surface area contributed by atoms with Gasteiger partial charge in [-0.25, -0.2) is 4.79 Å². The average molecular weight is 448 g/mol. The summed E-state index contributed by atoms with van der Waals surface area (Å²) in [5.41, 5.74) is -0.134. The molecule has 10 nitrogen and oxygen atoms in total. The minimum absolute atomic E-state index is 0.0571. The summed E-state index contributed by atoms with van der Waals surface area (Å²) in [4.78, 5) is 33.7. The maximum Gasteiger partial charge on any atom is 0.329 e. The highest BCUT2D eigenvalue weighted by atomic mass is 35.5. The molecule has 0 amide bonds. The summed E-state index contributed by atoms with van der Waals surface area (Å²) in [7, 11) is 1.48. The normalized spacial score (nSPS) is 12.6. The number of aromatic amines is 2. The summed E-state index contributed by atoms with van der Waals surface area (Å²) in [5, 5.41) is 20.0. The van der Waals surface area contributed by atoms with E-state index >= 15 is 0 Å². The van der Waals surface area contributed by atoms with Crippen LogP contribution in [0.2, 0.25) is 5.02 Å². The second-order valence-electron chi connectivity index (χ2n) is 6.52. The largest absolute Gasteiger partial charge is 0.493 e. The van der Waals surface area contributed by atoms with Crippen LogP contribution in [0.15, 0.2) is 49.1 Å². The molecule has 1 aromatic carbocycles. The fourth-order valence-corrected chi connectivity index (χ4v) is 3.26. The van der Waals surface area contributed by atoms with E-state index in [-0.39, 0.29) is 35.2 Å². The molecular formula is C18H15Cl2N7O3. The number of nitrogens with one attached hydrogen (secondary N) is 2. The van der Waals surface area contributed by atoms with Gasteiger partial charge in [-0.15, -0.1) is 10.2 Å². The molecular weight excluding hydrogens is 433 g/mol. The van der Waals surface area contributed by atoms with Gasteiger partial charge in [0, 0.05) is 29.0 Å². The molecule has 3 heterocycles. The molecule has 4 aromatic rings. The second-order valence-corrected chi connectivity index (χ2v) is 7.55. The molecule has 0 unspecified atom stereocenters. The van der Waals surface area contributed by atoms with Crippen LogP contribution in [0, 0.1) is 0 Å². The molecule has 3 N–H and O–H groups in total. The summed E-state index contributed by atoms with van der Waals surface area (Å²) in [6.45, 7) is 1.86. The van der Waals surface area contributed by atoms with E-state index in [1.54, 1.807) is 31.2 Å². The summed E-state index contributed by atoms with van der Waals surface area (Å²) in [6, 6.07) is 5.02. The van der Waals surface area contributed by atoms with Crippen molar-refractivity contribution in [2.24, 2.45) is 17.3 Å². The van der Waals surface area contributed by atoms with E-state index in [1.165, 1.54) is 16.2 Å². The first-order valence-corrected chi connectivity index (χ1v) is 9.45. The van der Waals surface area contributed by atoms with Crippen LogP contribution in [-0.4, -0.2) is 29.2 Å². The lowest BCUT2D eigenvalue weighted by Crippen LogP contribution is -2.29. The van der Waals surface area contributed by atoms with Gasteiger partial charge in [-0.05, 0) is 25.1 Å². The van der Waals surface area contributed by atoms with E-state index in [0.717, 1.165) is 0 Å². The van der Waals surface area contributed by atoms with Crippen molar-refractivity contribution in [2.75, 3.05) is 0 Å². The van der Waals surface area contributed by atoms with Crippen LogP contribution in [0.25, 0.3) is 22.1 Å². The Labute approximate surface area is 178 Å². The quantitative estimate of drug-likeness (QED) is 0.409. The Balaban J connectivity index is 1.93. The molecule has 154 valence electrons. The summed E-state index contributed by atoms with van der Waals surface area (Å²) < 4.78 is 2.67. The Morgan fingerprint density at radius 3 is 2.80 bits per heavy atom. The van der Waals surface area contributed by atoms with Crippen molar-refractivity contribution in [1.82, 2.24) is 24.1 Å². The third-order valence-electron chi connectivity index (χ3n) is 4.50. The van der Waals surface area contributed by atoms with Crippen molar-refractivity contribution < 1.29 is 5.11 Å². The van der Waals surface area contributed by atoms with E-state index in [1.807, 2.05) is 0 Å². The number of H-pyrrole nitrogens is 2. The number of hydrogen-bond donors (Lipinski definition) is 3. The van der Waals surface area contributed by atoms with Gasteiger partial charge >= 0.3 is 5.69 Å². The average Bonchev–Trinajstić information content (AvgIpc) is 3.20. The number of nitrogens with zero attached hydrogens (tertiary/aromatic N) is 5. The van der Waals surface area contributed by atoms with Gasteiger partial charge < -0.3 is 10.1 Å². The number of azo groups is 1. The van der Waals surface area contributed by atoms with E-state index in [2.05, 4.69) is 25.2 Å². The highest BCUT2D eigenvalue weighted by molar-refractivity contribution is 6.31. The maximum absolute atomic E-state index is 12.4. The number of fused-ring (bicyclic) bond motifs is 2. The van der Waals surface area contributed by atoms with Crippen molar-refractivity contribution in [3.63, 3.8) is 0 Å². The first-order valence-electron chi connectivity index (χ1n) is 8.70. The molecule has 0 aliphatic carbocycles. The minimum Gasteiger partial charge on any atom is -0.493 e. The van der Waals surface area contributed by atoms with Gasteiger partial charge in [0.15, 0.2) is 16.9 Å². The Morgan fingerprint density at radius 1 is 1.30 bits per heavy atom. The SMILES string of the molecule is C/C(Cl)=C/Cn1c(N=Nc2c(O)[nH]c3ccc(Cl)cc23)nc2c1c(=O)[nH]c(=O)n2C. The molecule has 0 atom stereocenters. The molecule has 0 radical (unpaired) electrons. The van der Waals surface area contributed by atoms with E-state index in [4.69, 9.17) is 23.2 Å². The standard InChI is InChI=1S/C18H15Cl2N7O3/c1-8(19)5-6-27-13-14(26(2)18(30)23-16(13)29)22-17(27)25-24-12-10-7-9(20)3-4-11(10)21-15(12)28/h3-5,7,21,28H,6H2,1-2H3,(H,23,29,30)/b8-5-,25-24?. The Bertz CT molecular complexity index is 1470. The van der Waals surface area contributed by atoms with Gasteiger partial charge in [-0.1, -0.05) is 29.3 Å². The van der Waals surface area contributed by atoms with E-state index < -0.39 is 11.2 Å². The number of benzene rings is 1. The predicted octanol–water partition coefficient (Wildman–Crippen LogP) is 3.82. The van der Waals surface area contributed by atoms with Crippen LogP contribution in [0.3, 0.4) is 0 Å². The monoisotopic (exact) mass is 447 g/mol. The summed E-state index contributed by atoms with van der Waals surface area (Å²) in [5.74, 6) is -0.137. The number of aryl methyl sites for hydroxylation is 1. The van der Waals surface area contributed by atoms with Crippen LogP contribution >= 0.6 is 23.2 Å². The van der Waals surface area contributed by atoms with Gasteiger partial charge in [0.1, 0.15) is 0 Å². The molecule has 0 aliphatic rings. The van der Waals surface area contributed by atoms with Gasteiger partial charge in [0.05, 0.1) is 5.52 Å². The van der Waals surface area contributed by atoms with E-state index in [9.17, 15) is 14.7 Å². The topological polar surface area (TPSA) is 133 Å². The molecule has 4 rings (SSSR count). The molecule has 3 aromatic heterocycles. The van der Waals surface area contributed by atoms with Crippen molar-refractivity contribution in [3.8, 4) is 5.88 Å². The summed E-state index contributed by atoms with van der Waals surface area (Å²) in [6.07, 6.45) is 1.66. The minimum atomic E-state index is -0.607. The number of halogens is 2. The summed E-state index contributed by atoms with van der Waals surface area (Å²) >= 11 is 12.0. The van der Waals surface area contributed by atoms with Crippen molar-refractivity contribution >= 4 is 56.9 Å². The van der Waals surface area contributed by atoms with Crippen molar-refractivity contribution in [3.05, 3.63) is 55.2 Å². The number of aromatic hydroxyl groups is 1. The van der Waals surface area contributed by atoms with Crippen LogP contribution in [-0.2, 0) is 13.6 Å². The number of aromatic nitrogens is 5. The number of rotatable bonds is 4. The lowest BCUT2D eigenvalue weighted by molar-refractivity contribution is 0.459. The van der Waals surface area contributed by atoms with Gasteiger partial charge in [-0.2, -0.15) is 4.98 Å². The predicted molar refractivity (Wildman–Crippen MR) is 114 cm³/mol. The first-order chi connectivity index (χ1) is 14.3. The number of allylic oxidation sites excluding steroid dienone is 2. The number of imidazole rings is 1. The third-order valence-corrected chi connectivity index (χ3v) is 4.89. The maximum atomic E-state index is 12.4.